The second-order valence-corrected chi connectivity index (χ2v) is 12.7. The number of hydrogen-bond donors (Lipinski definition) is 2. The van der Waals surface area contributed by atoms with Crippen LogP contribution in [0.1, 0.15) is 131 Å². The van der Waals surface area contributed by atoms with Crippen molar-refractivity contribution >= 4 is 35.4 Å². The number of benzene rings is 1. The van der Waals surface area contributed by atoms with E-state index in [1.54, 1.807) is 38.1 Å². The van der Waals surface area contributed by atoms with E-state index < -0.39 is 35.3 Å². The van der Waals surface area contributed by atoms with Crippen LogP contribution in [0, 0.1) is 5.41 Å². The van der Waals surface area contributed by atoms with Crippen molar-refractivity contribution in [3.63, 3.8) is 0 Å². The van der Waals surface area contributed by atoms with Crippen LogP contribution in [0.4, 0.5) is 5.69 Å². The van der Waals surface area contributed by atoms with Crippen molar-refractivity contribution in [3.05, 3.63) is 36.4 Å². The minimum atomic E-state index is -1.23. The topological polar surface area (TPSA) is 137 Å². The van der Waals surface area contributed by atoms with Crippen LogP contribution in [0.2, 0.25) is 0 Å². The Morgan fingerprint density at radius 1 is 0.766 bits per heavy atom. The summed E-state index contributed by atoms with van der Waals surface area (Å²) in [6, 6.07) is 6.50. The second-order valence-electron chi connectivity index (χ2n) is 12.7. The molecule has 0 aliphatic carbocycles. The Labute approximate surface area is 281 Å². The Morgan fingerprint density at radius 3 is 1.91 bits per heavy atom. The molecule has 0 saturated heterocycles. The lowest BCUT2D eigenvalue weighted by Crippen LogP contribution is -2.49. The van der Waals surface area contributed by atoms with Gasteiger partial charge >= 0.3 is 17.9 Å². The Morgan fingerprint density at radius 2 is 1.34 bits per heavy atom. The fourth-order valence-corrected chi connectivity index (χ4v) is 4.85. The van der Waals surface area contributed by atoms with Crippen LogP contribution >= 0.6 is 0 Å². The number of carbonyl (C=O) groups excluding carboxylic acids is 5. The summed E-state index contributed by atoms with van der Waals surface area (Å²) in [5.74, 6) is -2.13. The van der Waals surface area contributed by atoms with Gasteiger partial charge in [0.05, 0.1) is 6.42 Å². The quantitative estimate of drug-likeness (QED) is 0.0474. The lowest BCUT2D eigenvalue weighted by Gasteiger charge is -2.31. The summed E-state index contributed by atoms with van der Waals surface area (Å²) >= 11 is 0. The van der Waals surface area contributed by atoms with Gasteiger partial charge in [0.2, 0.25) is 5.91 Å². The van der Waals surface area contributed by atoms with Gasteiger partial charge in [-0.05, 0) is 56.4 Å². The maximum Gasteiger partial charge on any atom is 0.312 e. The lowest BCUT2D eigenvalue weighted by atomic mass is 9.86. The largest absolute Gasteiger partial charge is 0.465 e. The van der Waals surface area contributed by atoms with E-state index in [1.165, 1.54) is 71.6 Å². The molecule has 47 heavy (non-hydrogen) atoms. The molecule has 1 aromatic rings. The van der Waals surface area contributed by atoms with Crippen molar-refractivity contribution in [1.82, 2.24) is 5.32 Å². The SMILES string of the molecule is CCCCCCCC/C=C\CCCCCCCC(=O)Nc1ccc(OC(=O)CCNC(=O)C(OC(C)=O)C(C)(C)COC(C)=O)cc1. The molecule has 1 atom stereocenters. The number of nitrogens with one attached hydrogen (secondary N) is 2. The molecule has 0 aliphatic rings. The number of amides is 2. The molecule has 2 amide bonds. The van der Waals surface area contributed by atoms with Crippen molar-refractivity contribution in [2.24, 2.45) is 5.41 Å². The predicted molar refractivity (Wildman–Crippen MR) is 184 cm³/mol. The summed E-state index contributed by atoms with van der Waals surface area (Å²) in [4.78, 5) is 60.1. The number of rotatable bonds is 25. The number of unbranched alkanes of at least 4 members (excludes halogenated alkanes) is 11. The van der Waals surface area contributed by atoms with Gasteiger partial charge in [-0.2, -0.15) is 0 Å². The summed E-state index contributed by atoms with van der Waals surface area (Å²) < 4.78 is 15.5. The molecule has 1 rings (SSSR count). The lowest BCUT2D eigenvalue weighted by molar-refractivity contribution is -0.166. The fourth-order valence-electron chi connectivity index (χ4n) is 4.85. The molecule has 2 N–H and O–H groups in total. The molecule has 10 heteroatoms. The number of ether oxygens (including phenoxy) is 3. The molecule has 0 heterocycles. The summed E-state index contributed by atoms with van der Waals surface area (Å²) in [5.41, 5.74) is -0.383. The van der Waals surface area contributed by atoms with Crippen LogP contribution in [0.25, 0.3) is 0 Å². The number of hydrogen-bond acceptors (Lipinski definition) is 8. The standard InChI is InChI=1S/C37H58N2O8/c1-6-7-8-9-10-11-12-13-14-15-16-17-18-19-20-21-33(42)39-31-22-24-32(25-23-31)47-34(43)26-27-38-36(44)35(46-30(3)41)37(4,5)28-45-29(2)40/h13-14,22-25,35H,6-12,15-21,26-28H2,1-5H3,(H,38,44)(H,39,42)/b14-13-. The van der Waals surface area contributed by atoms with Gasteiger partial charge in [0, 0.05) is 37.9 Å². The summed E-state index contributed by atoms with van der Waals surface area (Å²) in [6.45, 7) is 7.74. The minimum absolute atomic E-state index is 0.0498. The molecule has 0 fully saturated rings. The van der Waals surface area contributed by atoms with Crippen molar-refractivity contribution in [1.29, 1.82) is 0 Å². The first kappa shape index (κ1) is 41.3. The molecule has 0 saturated carbocycles. The van der Waals surface area contributed by atoms with Crippen LogP contribution in [-0.4, -0.2) is 49.0 Å². The molecule has 10 nitrogen and oxygen atoms in total. The van der Waals surface area contributed by atoms with Gasteiger partial charge in [-0.3, -0.25) is 24.0 Å². The molecule has 0 spiro atoms. The van der Waals surface area contributed by atoms with Crippen LogP contribution in [0.3, 0.4) is 0 Å². The molecule has 0 aromatic heterocycles. The predicted octanol–water partition coefficient (Wildman–Crippen LogP) is 7.60. The highest BCUT2D eigenvalue weighted by atomic mass is 16.6. The minimum Gasteiger partial charge on any atom is -0.465 e. The number of carbonyl (C=O) groups is 5. The summed E-state index contributed by atoms with van der Waals surface area (Å²) in [5, 5.41) is 5.44. The monoisotopic (exact) mass is 658 g/mol. The molecular formula is C37H58N2O8. The third kappa shape index (κ3) is 20.9. The van der Waals surface area contributed by atoms with Gasteiger partial charge in [0.25, 0.3) is 5.91 Å². The van der Waals surface area contributed by atoms with Crippen LogP contribution in [-0.2, 0) is 33.4 Å². The highest BCUT2D eigenvalue weighted by Gasteiger charge is 2.39. The molecule has 0 radical (unpaired) electrons. The summed E-state index contributed by atoms with van der Waals surface area (Å²) in [6.07, 6.45) is 19.5. The van der Waals surface area contributed by atoms with Crippen molar-refractivity contribution < 1.29 is 38.2 Å². The van der Waals surface area contributed by atoms with Crippen molar-refractivity contribution in [2.75, 3.05) is 18.5 Å². The first-order chi connectivity index (χ1) is 22.4. The smallest absolute Gasteiger partial charge is 0.312 e. The van der Waals surface area contributed by atoms with Crippen LogP contribution in [0.5, 0.6) is 5.75 Å². The molecular weight excluding hydrogens is 600 g/mol. The van der Waals surface area contributed by atoms with E-state index >= 15 is 0 Å². The Balaban J connectivity index is 2.25. The highest BCUT2D eigenvalue weighted by molar-refractivity contribution is 5.90. The molecule has 1 aromatic carbocycles. The van der Waals surface area contributed by atoms with Crippen molar-refractivity contribution in [2.45, 2.75) is 137 Å². The second kappa shape index (κ2) is 24.5. The average Bonchev–Trinajstić information content (AvgIpc) is 3.01. The van der Waals surface area contributed by atoms with Crippen LogP contribution in [0.15, 0.2) is 36.4 Å². The average molecular weight is 659 g/mol. The van der Waals surface area contributed by atoms with Gasteiger partial charge in [0.1, 0.15) is 12.4 Å². The Kier molecular flexibility index (Phi) is 21.5. The zero-order chi connectivity index (χ0) is 34.9. The first-order valence-electron chi connectivity index (χ1n) is 17.3. The fraction of sp³-hybridized carbons (Fsp3) is 0.649. The van der Waals surface area contributed by atoms with E-state index in [9.17, 15) is 24.0 Å². The zero-order valence-corrected chi connectivity index (χ0v) is 29.3. The van der Waals surface area contributed by atoms with E-state index in [0.717, 1.165) is 25.7 Å². The van der Waals surface area contributed by atoms with E-state index in [1.807, 2.05) is 0 Å². The van der Waals surface area contributed by atoms with E-state index in [4.69, 9.17) is 14.2 Å². The van der Waals surface area contributed by atoms with E-state index in [0.29, 0.717) is 17.9 Å². The molecule has 264 valence electrons. The first-order valence-corrected chi connectivity index (χ1v) is 17.3. The maximum atomic E-state index is 12.7. The van der Waals surface area contributed by atoms with E-state index in [-0.39, 0.29) is 25.5 Å². The van der Waals surface area contributed by atoms with E-state index in [2.05, 4.69) is 29.7 Å². The van der Waals surface area contributed by atoms with Gasteiger partial charge in [-0.15, -0.1) is 0 Å². The van der Waals surface area contributed by atoms with Gasteiger partial charge in [-0.25, -0.2) is 0 Å². The van der Waals surface area contributed by atoms with Gasteiger partial charge in [0.15, 0.2) is 6.10 Å². The highest BCUT2D eigenvalue weighted by Crippen LogP contribution is 2.25. The Hall–Kier alpha value is -3.69. The van der Waals surface area contributed by atoms with Crippen LogP contribution < -0.4 is 15.4 Å². The number of anilines is 1. The van der Waals surface area contributed by atoms with Gasteiger partial charge in [-0.1, -0.05) is 84.3 Å². The number of esters is 3. The summed E-state index contributed by atoms with van der Waals surface area (Å²) in [7, 11) is 0. The third-order valence-corrected chi connectivity index (χ3v) is 7.54. The zero-order valence-electron chi connectivity index (χ0n) is 29.3. The Bertz CT molecular complexity index is 1110. The molecule has 0 bridgehead atoms. The number of allylic oxidation sites excluding steroid dienone is 2. The third-order valence-electron chi connectivity index (χ3n) is 7.54. The maximum absolute atomic E-state index is 12.7. The molecule has 0 aliphatic heterocycles. The van der Waals surface area contributed by atoms with Gasteiger partial charge < -0.3 is 24.8 Å². The normalized spacial score (nSPS) is 11.9. The van der Waals surface area contributed by atoms with Crippen molar-refractivity contribution in [3.8, 4) is 5.75 Å². The molecule has 1 unspecified atom stereocenters.